The van der Waals surface area contributed by atoms with Gasteiger partial charge in [-0.1, -0.05) is 12.1 Å². The Kier molecular flexibility index (Phi) is 5.48. The number of amides is 2. The van der Waals surface area contributed by atoms with Gasteiger partial charge in [0.2, 0.25) is 0 Å². The van der Waals surface area contributed by atoms with E-state index < -0.39 is 6.03 Å². The van der Waals surface area contributed by atoms with Gasteiger partial charge in [0.1, 0.15) is 5.01 Å². The maximum Gasteiger partial charge on any atom is 0.338 e. The van der Waals surface area contributed by atoms with Gasteiger partial charge in [-0.15, -0.1) is 11.3 Å². The fraction of sp³-hybridized carbons (Fsp3) is 0.267. The number of carbonyl (C=O) groups excluding carboxylic acids is 2. The van der Waals surface area contributed by atoms with Crippen LogP contribution in [0.2, 0.25) is 0 Å². The minimum absolute atomic E-state index is 0.229. The molecule has 2 amide bonds. The molecule has 2 rings (SSSR count). The molecular weight excluding hydrogens is 302 g/mol. The highest BCUT2D eigenvalue weighted by atomic mass is 32.1. The van der Waals surface area contributed by atoms with Crippen LogP contribution in [0, 0.1) is 6.92 Å². The molecule has 116 valence electrons. The molecule has 1 aromatic carbocycles. The number of hydrogen-bond donors (Lipinski definition) is 2. The molecule has 0 atom stereocenters. The molecule has 0 saturated carbocycles. The van der Waals surface area contributed by atoms with Crippen molar-refractivity contribution < 1.29 is 14.3 Å². The molecule has 0 aliphatic heterocycles. The first-order chi connectivity index (χ1) is 10.6. The van der Waals surface area contributed by atoms with E-state index in [0.29, 0.717) is 18.5 Å². The minimum atomic E-state index is -0.584. The number of aryl methyl sites for hydroxylation is 1. The molecule has 0 bridgehead atoms. The molecule has 0 spiro atoms. The first-order valence-electron chi connectivity index (χ1n) is 6.79. The van der Waals surface area contributed by atoms with Gasteiger partial charge in [0.05, 0.1) is 12.2 Å². The number of nitrogens with two attached hydrogens (primary N) is 1. The molecule has 0 fully saturated rings. The third-order valence-corrected chi connectivity index (χ3v) is 3.85. The third kappa shape index (κ3) is 4.56. The number of benzene rings is 1. The van der Waals surface area contributed by atoms with Gasteiger partial charge in [-0.25, -0.2) is 14.6 Å². The van der Waals surface area contributed by atoms with Crippen molar-refractivity contribution in [3.8, 4) is 10.6 Å². The molecule has 0 saturated heterocycles. The lowest BCUT2D eigenvalue weighted by Gasteiger charge is -2.05. The predicted octanol–water partition coefficient (Wildman–Crippen LogP) is 2.33. The van der Waals surface area contributed by atoms with E-state index >= 15 is 0 Å². The summed E-state index contributed by atoms with van der Waals surface area (Å²) in [5.74, 6) is -0.388. The normalized spacial score (nSPS) is 10.2. The van der Waals surface area contributed by atoms with Crippen LogP contribution in [-0.4, -0.2) is 30.1 Å². The van der Waals surface area contributed by atoms with E-state index in [9.17, 15) is 9.59 Å². The van der Waals surface area contributed by atoms with Crippen molar-refractivity contribution in [3.63, 3.8) is 0 Å². The summed E-state index contributed by atoms with van der Waals surface area (Å²) in [4.78, 5) is 26.7. The number of ether oxygens (including phenoxy) is 1. The number of aromatic nitrogens is 1. The molecule has 2 aromatic rings. The van der Waals surface area contributed by atoms with Crippen LogP contribution in [-0.2, 0) is 4.74 Å². The standard InChI is InChI=1S/C15H17N3O3S/c1-10-9-22-13(18-10)11-3-5-12(6-4-11)14(19)21-8-2-7-17-15(16)20/h3-6,9H,2,7-8H2,1H3,(H3,16,17,20). The Morgan fingerprint density at radius 3 is 2.64 bits per heavy atom. The molecule has 3 N–H and O–H groups in total. The highest BCUT2D eigenvalue weighted by Gasteiger charge is 2.08. The van der Waals surface area contributed by atoms with Crippen LogP contribution in [0.25, 0.3) is 10.6 Å². The lowest BCUT2D eigenvalue weighted by atomic mass is 10.1. The van der Waals surface area contributed by atoms with Gasteiger partial charge in [-0.3, -0.25) is 0 Å². The fourth-order valence-electron chi connectivity index (χ4n) is 1.77. The van der Waals surface area contributed by atoms with Crippen LogP contribution >= 0.6 is 11.3 Å². The Bertz CT molecular complexity index is 652. The van der Waals surface area contributed by atoms with Gasteiger partial charge < -0.3 is 15.8 Å². The van der Waals surface area contributed by atoms with Gasteiger partial charge in [-0.2, -0.15) is 0 Å². The fourth-order valence-corrected chi connectivity index (χ4v) is 2.57. The van der Waals surface area contributed by atoms with E-state index in [1.807, 2.05) is 24.4 Å². The van der Waals surface area contributed by atoms with Crippen LogP contribution in [0.15, 0.2) is 29.6 Å². The van der Waals surface area contributed by atoms with E-state index in [4.69, 9.17) is 10.5 Å². The second-order valence-corrected chi connectivity index (χ2v) is 5.51. The summed E-state index contributed by atoms with van der Waals surface area (Å²) in [7, 11) is 0. The zero-order chi connectivity index (χ0) is 15.9. The topological polar surface area (TPSA) is 94.3 Å². The Labute approximate surface area is 132 Å². The number of esters is 1. The second kappa shape index (κ2) is 7.56. The molecule has 1 heterocycles. The monoisotopic (exact) mass is 319 g/mol. The number of carbonyl (C=O) groups is 2. The third-order valence-electron chi connectivity index (χ3n) is 2.84. The first kappa shape index (κ1) is 16.0. The van der Waals surface area contributed by atoms with Crippen molar-refractivity contribution >= 4 is 23.3 Å². The maximum absolute atomic E-state index is 11.8. The smallest absolute Gasteiger partial charge is 0.338 e. The highest BCUT2D eigenvalue weighted by Crippen LogP contribution is 2.23. The SMILES string of the molecule is Cc1csc(-c2ccc(C(=O)OCCCNC(N)=O)cc2)n1. The summed E-state index contributed by atoms with van der Waals surface area (Å²) in [6, 6.07) is 6.55. The number of urea groups is 1. The van der Waals surface area contributed by atoms with Crippen molar-refractivity contribution in [1.82, 2.24) is 10.3 Å². The summed E-state index contributed by atoms with van der Waals surface area (Å²) >= 11 is 1.57. The molecule has 0 aliphatic carbocycles. The van der Waals surface area contributed by atoms with Crippen LogP contribution in [0.1, 0.15) is 22.5 Å². The summed E-state index contributed by atoms with van der Waals surface area (Å²) in [5, 5.41) is 5.34. The van der Waals surface area contributed by atoms with Crippen LogP contribution in [0.3, 0.4) is 0 Å². The van der Waals surface area contributed by atoms with Crippen molar-refractivity contribution in [1.29, 1.82) is 0 Å². The first-order valence-corrected chi connectivity index (χ1v) is 7.67. The molecule has 7 heteroatoms. The molecule has 0 aliphatic rings. The second-order valence-electron chi connectivity index (χ2n) is 4.65. The molecule has 0 unspecified atom stereocenters. The number of nitrogens with zero attached hydrogens (tertiary/aromatic N) is 1. The van der Waals surface area contributed by atoms with Crippen LogP contribution in [0.4, 0.5) is 4.79 Å². The lowest BCUT2D eigenvalue weighted by Crippen LogP contribution is -2.30. The van der Waals surface area contributed by atoms with Crippen molar-refractivity contribution in [3.05, 3.63) is 40.9 Å². The van der Waals surface area contributed by atoms with Crippen LogP contribution in [0.5, 0.6) is 0 Å². The van der Waals surface area contributed by atoms with Gasteiger partial charge in [0.25, 0.3) is 0 Å². The Hall–Kier alpha value is -2.41. The Morgan fingerprint density at radius 1 is 1.32 bits per heavy atom. The zero-order valence-electron chi connectivity index (χ0n) is 12.2. The van der Waals surface area contributed by atoms with Crippen molar-refractivity contribution in [2.45, 2.75) is 13.3 Å². The molecule has 22 heavy (non-hydrogen) atoms. The van der Waals surface area contributed by atoms with E-state index in [2.05, 4.69) is 10.3 Å². The lowest BCUT2D eigenvalue weighted by molar-refractivity contribution is 0.0501. The largest absolute Gasteiger partial charge is 0.462 e. The average molecular weight is 319 g/mol. The Morgan fingerprint density at radius 2 is 2.05 bits per heavy atom. The highest BCUT2D eigenvalue weighted by molar-refractivity contribution is 7.13. The molecule has 1 aromatic heterocycles. The van der Waals surface area contributed by atoms with E-state index in [0.717, 1.165) is 16.3 Å². The number of nitrogens with one attached hydrogen (secondary N) is 1. The summed E-state index contributed by atoms with van der Waals surface area (Å²) in [5.41, 5.74) is 7.37. The van der Waals surface area contributed by atoms with Gasteiger partial charge in [0, 0.05) is 23.2 Å². The Balaban J connectivity index is 1.84. The average Bonchev–Trinajstić information content (AvgIpc) is 2.93. The minimum Gasteiger partial charge on any atom is -0.462 e. The van der Waals surface area contributed by atoms with E-state index in [1.165, 1.54) is 0 Å². The van der Waals surface area contributed by atoms with Crippen molar-refractivity contribution in [2.24, 2.45) is 5.73 Å². The molecule has 0 radical (unpaired) electrons. The molecule has 6 nitrogen and oxygen atoms in total. The quantitative estimate of drug-likeness (QED) is 0.631. The number of rotatable bonds is 6. The van der Waals surface area contributed by atoms with Gasteiger partial charge in [-0.05, 0) is 25.5 Å². The zero-order valence-corrected chi connectivity index (χ0v) is 13.0. The number of thiazole rings is 1. The summed E-state index contributed by atoms with van der Waals surface area (Å²) < 4.78 is 5.12. The number of primary amides is 1. The predicted molar refractivity (Wildman–Crippen MR) is 84.8 cm³/mol. The number of hydrogen-bond acceptors (Lipinski definition) is 5. The van der Waals surface area contributed by atoms with E-state index in [1.54, 1.807) is 23.5 Å². The summed E-state index contributed by atoms with van der Waals surface area (Å²) in [6.07, 6.45) is 0.519. The molecular formula is C15H17N3O3S. The summed E-state index contributed by atoms with van der Waals surface area (Å²) in [6.45, 7) is 2.55. The van der Waals surface area contributed by atoms with Crippen molar-refractivity contribution in [2.75, 3.05) is 13.2 Å². The van der Waals surface area contributed by atoms with E-state index in [-0.39, 0.29) is 12.6 Å². The van der Waals surface area contributed by atoms with Gasteiger partial charge in [0.15, 0.2) is 0 Å². The maximum atomic E-state index is 11.8. The van der Waals surface area contributed by atoms with Gasteiger partial charge >= 0.3 is 12.0 Å². The van der Waals surface area contributed by atoms with Crippen LogP contribution < -0.4 is 11.1 Å².